The van der Waals surface area contributed by atoms with Gasteiger partial charge in [-0.3, -0.25) is 14.6 Å². The number of ether oxygens (including phenoxy) is 1. The number of fused-ring (bicyclic) bond motifs is 5. The second-order valence-corrected chi connectivity index (χ2v) is 14.0. The van der Waals surface area contributed by atoms with Gasteiger partial charge >= 0.3 is 5.97 Å². The molecule has 0 aliphatic heterocycles. The number of hydrogen-bond donors (Lipinski definition) is 2. The average Bonchev–Trinajstić information content (AvgIpc) is 3.19. The number of thioether (sulfide) groups is 1. The average molecular weight is 611 g/mol. The summed E-state index contributed by atoms with van der Waals surface area (Å²) in [6.07, 6.45) is 9.62. The van der Waals surface area contributed by atoms with E-state index in [0.29, 0.717) is 24.3 Å². The van der Waals surface area contributed by atoms with Crippen LogP contribution in [0.5, 0.6) is 0 Å². The van der Waals surface area contributed by atoms with E-state index in [4.69, 9.17) is 15.5 Å². The van der Waals surface area contributed by atoms with Gasteiger partial charge in [0, 0.05) is 36.8 Å². The predicted octanol–water partition coefficient (Wildman–Crippen LogP) is 5.58. The molecule has 4 aliphatic rings. The van der Waals surface area contributed by atoms with Crippen molar-refractivity contribution in [2.75, 3.05) is 12.8 Å². The smallest absolute Gasteiger partial charge is 0.306 e. The minimum absolute atomic E-state index is 0.0607. The molecule has 0 aromatic carbocycles. The first-order valence-electron chi connectivity index (χ1n) is 15.2. The molecule has 232 valence electrons. The number of hydrogen-bond acceptors (Lipinski definition) is 9. The van der Waals surface area contributed by atoms with E-state index in [1.54, 1.807) is 32.5 Å². The zero-order chi connectivity index (χ0) is 31.2. The van der Waals surface area contributed by atoms with Crippen LogP contribution in [0.2, 0.25) is 0 Å². The summed E-state index contributed by atoms with van der Waals surface area (Å²) in [6.45, 7) is 8.06. The van der Waals surface area contributed by atoms with Gasteiger partial charge in [-0.2, -0.15) is 4.39 Å². The number of carbonyl (C=O) groups is 2. The van der Waals surface area contributed by atoms with Crippen LogP contribution in [0.25, 0.3) is 0 Å². The summed E-state index contributed by atoms with van der Waals surface area (Å²) in [6, 6.07) is 2.87. The highest BCUT2D eigenvalue weighted by Gasteiger charge is 2.73. The number of halogens is 1. The van der Waals surface area contributed by atoms with E-state index in [-0.39, 0.29) is 40.6 Å². The van der Waals surface area contributed by atoms with Crippen molar-refractivity contribution < 1.29 is 23.8 Å². The number of aliphatic hydroxyl groups excluding tert-OH is 1. The number of aliphatic hydroxyl groups is 1. The van der Waals surface area contributed by atoms with Crippen LogP contribution < -0.4 is 5.73 Å². The van der Waals surface area contributed by atoms with Crippen LogP contribution in [-0.2, 0) is 14.3 Å². The van der Waals surface area contributed by atoms with Crippen molar-refractivity contribution in [2.24, 2.45) is 50.2 Å². The number of nitrogens with two attached hydrogens (primary N) is 1. The van der Waals surface area contributed by atoms with Crippen LogP contribution in [0.1, 0.15) is 66.2 Å². The molecule has 0 radical (unpaired) electrons. The fraction of sp³-hybridized carbons (Fsp3) is 0.606. The van der Waals surface area contributed by atoms with Crippen LogP contribution in [-0.4, -0.2) is 57.6 Å². The van der Waals surface area contributed by atoms with Crippen LogP contribution >= 0.6 is 11.8 Å². The van der Waals surface area contributed by atoms with Crippen LogP contribution in [0.15, 0.2) is 51.7 Å². The van der Waals surface area contributed by atoms with Gasteiger partial charge in [0.05, 0.1) is 23.7 Å². The van der Waals surface area contributed by atoms with Gasteiger partial charge in [0.1, 0.15) is 0 Å². The maximum Gasteiger partial charge on any atom is 0.306 e. The topological polar surface area (TPSA) is 127 Å². The molecule has 1 aromatic heterocycles. The second kappa shape index (κ2) is 11.9. The molecule has 3 unspecified atom stereocenters. The molecule has 10 heteroatoms. The van der Waals surface area contributed by atoms with E-state index in [9.17, 15) is 19.1 Å². The van der Waals surface area contributed by atoms with Crippen molar-refractivity contribution in [1.82, 2.24) is 4.98 Å². The molecule has 8 nitrogen and oxygen atoms in total. The Balaban J connectivity index is 1.53. The van der Waals surface area contributed by atoms with Crippen molar-refractivity contribution in [1.29, 1.82) is 0 Å². The maximum atomic E-state index is 14.1. The van der Waals surface area contributed by atoms with Gasteiger partial charge in [-0.25, -0.2) is 9.98 Å². The van der Waals surface area contributed by atoms with Gasteiger partial charge in [-0.1, -0.05) is 45.0 Å². The highest BCUT2D eigenvalue weighted by Crippen LogP contribution is 2.70. The fourth-order valence-corrected chi connectivity index (χ4v) is 10.1. The Morgan fingerprint density at radius 3 is 2.74 bits per heavy atom. The lowest BCUT2D eigenvalue weighted by atomic mass is 9.45. The lowest BCUT2D eigenvalue weighted by Crippen LogP contribution is -2.63. The largest absolute Gasteiger partial charge is 0.449 e. The first-order chi connectivity index (χ1) is 20.4. The molecule has 0 bridgehead atoms. The van der Waals surface area contributed by atoms with E-state index in [2.05, 4.69) is 29.9 Å². The molecular formula is C33H43FN4O4S. The molecule has 3 N–H and O–H groups in total. The number of esters is 1. The van der Waals surface area contributed by atoms with Gasteiger partial charge in [0.15, 0.2) is 5.60 Å². The monoisotopic (exact) mass is 610 g/mol. The van der Waals surface area contributed by atoms with Crippen LogP contribution in [0, 0.1) is 40.4 Å². The zero-order valence-electron chi connectivity index (χ0n) is 25.7. The summed E-state index contributed by atoms with van der Waals surface area (Å²) in [5.74, 6) is -0.577. The molecule has 0 amide bonds. The summed E-state index contributed by atoms with van der Waals surface area (Å²) in [5.41, 5.74) is 7.11. The molecule has 3 saturated carbocycles. The highest BCUT2D eigenvalue weighted by molar-refractivity contribution is 8.14. The molecule has 1 aromatic rings. The quantitative estimate of drug-likeness (QED) is 0.245. The summed E-state index contributed by atoms with van der Waals surface area (Å²) in [4.78, 5) is 39.5. The third-order valence-corrected chi connectivity index (χ3v) is 11.8. The molecule has 1 heterocycles. The number of allylic oxidation sites excluding steroid dienone is 3. The minimum Gasteiger partial charge on any atom is -0.449 e. The molecule has 8 atom stereocenters. The van der Waals surface area contributed by atoms with E-state index < -0.39 is 29.0 Å². The summed E-state index contributed by atoms with van der Waals surface area (Å²) in [7, 11) is 1.67. The molecule has 5 rings (SSSR count). The number of aliphatic imine (C=N–C) groups is 2. The van der Waals surface area contributed by atoms with Crippen molar-refractivity contribution in [2.45, 2.75) is 77.9 Å². The molecule has 0 saturated heterocycles. The number of pyridine rings is 1. The standard InChI is InChI=1S/C33H43FN4O4S/c1-6-28(40)42-33(30(41)43-12-11-36-5)19(2)13-24-23-9-7-21-14-25(38-22-8-10-27(34)37-18-22)20(17-35)15-31(21,3)29(23)26(39)16-32(24,33)4/h8,10-11,14,17-19,23-24,26,29,39H,6-7,9,12-13,15-16,35H2,1-5H3/t19-,23+,24?,26?,29?,31+,32+,33+/m1/s1. The molecule has 4 aliphatic carbocycles. The molecular weight excluding hydrogens is 567 g/mol. The number of carbonyl (C=O) groups excluding carboxylic acids is 2. The fourth-order valence-electron chi connectivity index (χ4n) is 9.07. The Morgan fingerprint density at radius 1 is 1.33 bits per heavy atom. The Kier molecular flexibility index (Phi) is 8.75. The Labute approximate surface area is 257 Å². The number of nitrogens with zero attached hydrogens (tertiary/aromatic N) is 3. The van der Waals surface area contributed by atoms with Crippen LogP contribution in [0.3, 0.4) is 0 Å². The SMILES string of the molecule is CCC(=O)O[C@]1(C(=O)SCC=NC)[C@H](C)CC2[C@@H]3CCC4=CC(=Nc5ccc(F)nc5)C(=CN)C[C@]4(C)C3C(O)C[C@@]21C. The molecule has 3 fully saturated rings. The normalized spacial score (nSPS) is 38.9. The zero-order valence-corrected chi connectivity index (χ0v) is 26.5. The van der Waals surface area contributed by atoms with Crippen molar-refractivity contribution in [3.63, 3.8) is 0 Å². The third kappa shape index (κ3) is 5.08. The third-order valence-electron chi connectivity index (χ3n) is 10.9. The Hall–Kier alpha value is -2.85. The van der Waals surface area contributed by atoms with Gasteiger partial charge in [0.25, 0.3) is 0 Å². The van der Waals surface area contributed by atoms with E-state index >= 15 is 0 Å². The highest BCUT2D eigenvalue weighted by atomic mass is 32.2. The van der Waals surface area contributed by atoms with E-state index in [0.717, 1.165) is 42.3 Å². The first-order valence-corrected chi connectivity index (χ1v) is 16.2. The number of aromatic nitrogens is 1. The van der Waals surface area contributed by atoms with E-state index in [1.165, 1.54) is 17.8 Å². The van der Waals surface area contributed by atoms with Gasteiger partial charge in [-0.15, -0.1) is 0 Å². The summed E-state index contributed by atoms with van der Waals surface area (Å²) < 4.78 is 19.6. The number of rotatable bonds is 6. The minimum atomic E-state index is -1.32. The molecule has 0 spiro atoms. The predicted molar refractivity (Wildman–Crippen MR) is 168 cm³/mol. The first kappa shape index (κ1) is 31.6. The van der Waals surface area contributed by atoms with Crippen molar-refractivity contribution >= 4 is 40.5 Å². The second-order valence-electron chi connectivity index (χ2n) is 13.1. The van der Waals surface area contributed by atoms with Crippen LogP contribution in [0.4, 0.5) is 10.1 Å². The maximum absolute atomic E-state index is 14.1. The van der Waals surface area contributed by atoms with Gasteiger partial charge in [0.2, 0.25) is 11.1 Å². The van der Waals surface area contributed by atoms with Gasteiger partial charge < -0.3 is 15.6 Å². The lowest BCUT2D eigenvalue weighted by molar-refractivity contribution is -0.201. The lowest BCUT2D eigenvalue weighted by Gasteiger charge is -2.61. The summed E-state index contributed by atoms with van der Waals surface area (Å²) in [5, 5.41) is 11.9. The Morgan fingerprint density at radius 2 is 2.09 bits per heavy atom. The van der Waals surface area contributed by atoms with Crippen molar-refractivity contribution in [3.8, 4) is 0 Å². The molecule has 43 heavy (non-hydrogen) atoms. The van der Waals surface area contributed by atoms with Gasteiger partial charge in [-0.05, 0) is 85.3 Å². The van der Waals surface area contributed by atoms with Crippen molar-refractivity contribution in [3.05, 3.63) is 47.7 Å². The van der Waals surface area contributed by atoms with E-state index in [1.807, 2.05) is 6.92 Å². The Bertz CT molecular complexity index is 1390. The summed E-state index contributed by atoms with van der Waals surface area (Å²) >= 11 is 1.14.